The highest BCUT2D eigenvalue weighted by atomic mass is 79.9. The van der Waals surface area contributed by atoms with Crippen LogP contribution in [0.5, 0.6) is 11.8 Å². The van der Waals surface area contributed by atoms with Gasteiger partial charge in [0.05, 0.1) is 4.92 Å². The molecule has 0 aliphatic rings. The number of anilines is 2. The van der Waals surface area contributed by atoms with E-state index in [-0.39, 0.29) is 18.2 Å². The van der Waals surface area contributed by atoms with Crippen molar-refractivity contribution in [1.29, 1.82) is 0 Å². The van der Waals surface area contributed by atoms with Crippen LogP contribution in [0.25, 0.3) is 0 Å². The Morgan fingerprint density at radius 3 is 2.06 bits per heavy atom. The van der Waals surface area contributed by atoms with Gasteiger partial charge in [-0.1, -0.05) is 76.6 Å². The molecular weight excluding hydrogens is 486 g/mol. The molecule has 0 unspecified atom stereocenters. The smallest absolute Gasteiger partial charge is 0.293 e. The molecule has 0 bridgehead atoms. The lowest BCUT2D eigenvalue weighted by Gasteiger charge is -2.14. The second-order valence-corrected chi connectivity index (χ2v) is 8.01. The number of nitro benzene ring substituents is 1. The Morgan fingerprint density at radius 2 is 1.42 bits per heavy atom. The first-order valence-electron chi connectivity index (χ1n) is 10.1. The maximum atomic E-state index is 11.5. The van der Waals surface area contributed by atoms with Crippen LogP contribution in [-0.2, 0) is 13.2 Å². The van der Waals surface area contributed by atoms with Crippen molar-refractivity contribution < 1.29 is 14.4 Å². The number of hydrogen-bond acceptors (Lipinski definition) is 6. The van der Waals surface area contributed by atoms with Gasteiger partial charge in [0.25, 0.3) is 5.69 Å². The van der Waals surface area contributed by atoms with E-state index in [1.807, 2.05) is 60.7 Å². The van der Waals surface area contributed by atoms with Crippen LogP contribution in [0.2, 0.25) is 0 Å². The zero-order chi connectivity index (χ0) is 23.0. The van der Waals surface area contributed by atoms with E-state index in [1.54, 1.807) is 24.3 Å². The number of hydrogen-bond donors (Lipinski definition) is 1. The number of ether oxygens (including phenoxy) is 2. The molecule has 0 atom stereocenters. The molecule has 33 heavy (non-hydrogen) atoms. The molecule has 3 aromatic carbocycles. The summed E-state index contributed by atoms with van der Waals surface area (Å²) in [4.78, 5) is 15.6. The maximum Gasteiger partial charge on any atom is 0.293 e. The monoisotopic (exact) mass is 505 g/mol. The fourth-order valence-electron chi connectivity index (χ4n) is 3.07. The second kappa shape index (κ2) is 10.6. The molecule has 166 valence electrons. The first-order valence-corrected chi connectivity index (χ1v) is 10.9. The number of benzene rings is 3. The van der Waals surface area contributed by atoms with E-state index < -0.39 is 4.92 Å². The standard InChI is InChI=1S/C25H20BrN3O4/c26-20-11-12-21(23(15-20)29(30)31)27-22-13-14-24(32-16-18-7-3-1-4-8-18)28-25(22)33-17-19-9-5-2-6-10-19/h1-15,27H,16-17H2. The predicted octanol–water partition coefficient (Wildman–Crippen LogP) is 6.65. The van der Waals surface area contributed by atoms with Gasteiger partial charge in [-0.2, -0.15) is 4.98 Å². The zero-order valence-electron chi connectivity index (χ0n) is 17.5. The molecule has 0 aliphatic carbocycles. The van der Waals surface area contributed by atoms with E-state index in [0.29, 0.717) is 28.3 Å². The molecule has 0 saturated carbocycles. The minimum Gasteiger partial charge on any atom is -0.473 e. The summed E-state index contributed by atoms with van der Waals surface area (Å²) in [7, 11) is 0. The Kier molecular flexibility index (Phi) is 7.16. The average molecular weight is 506 g/mol. The zero-order valence-corrected chi connectivity index (χ0v) is 19.1. The van der Waals surface area contributed by atoms with Crippen LogP contribution in [0.4, 0.5) is 17.1 Å². The van der Waals surface area contributed by atoms with Gasteiger partial charge < -0.3 is 14.8 Å². The number of nitrogens with zero attached hydrogens (tertiary/aromatic N) is 2. The molecule has 0 amide bonds. The fraction of sp³-hybridized carbons (Fsp3) is 0.0800. The van der Waals surface area contributed by atoms with Gasteiger partial charge >= 0.3 is 0 Å². The molecule has 0 radical (unpaired) electrons. The summed E-state index contributed by atoms with van der Waals surface area (Å²) in [5.74, 6) is 0.666. The van der Waals surface area contributed by atoms with Crippen molar-refractivity contribution in [2.24, 2.45) is 0 Å². The number of rotatable bonds is 9. The van der Waals surface area contributed by atoms with Crippen molar-refractivity contribution in [1.82, 2.24) is 4.98 Å². The van der Waals surface area contributed by atoms with Crippen molar-refractivity contribution in [2.75, 3.05) is 5.32 Å². The molecule has 4 rings (SSSR count). The fourth-order valence-corrected chi connectivity index (χ4v) is 3.42. The highest BCUT2D eigenvalue weighted by Crippen LogP contribution is 2.34. The van der Waals surface area contributed by atoms with Gasteiger partial charge in [0.15, 0.2) is 0 Å². The van der Waals surface area contributed by atoms with Gasteiger partial charge in [-0.05, 0) is 29.3 Å². The van der Waals surface area contributed by atoms with Crippen LogP contribution >= 0.6 is 15.9 Å². The third-order valence-corrected chi connectivity index (χ3v) is 5.20. The topological polar surface area (TPSA) is 86.5 Å². The van der Waals surface area contributed by atoms with Crippen molar-refractivity contribution in [2.45, 2.75) is 13.2 Å². The second-order valence-electron chi connectivity index (χ2n) is 7.09. The molecule has 1 heterocycles. The van der Waals surface area contributed by atoms with Gasteiger partial charge in [-0.3, -0.25) is 10.1 Å². The summed E-state index contributed by atoms with van der Waals surface area (Å²) in [6.07, 6.45) is 0. The van der Waals surface area contributed by atoms with Crippen LogP contribution in [0.1, 0.15) is 11.1 Å². The van der Waals surface area contributed by atoms with Gasteiger partial charge in [0, 0.05) is 16.6 Å². The molecule has 0 spiro atoms. The molecule has 1 aromatic heterocycles. The summed E-state index contributed by atoms with van der Waals surface area (Å²) in [6.45, 7) is 0.643. The Labute approximate surface area is 199 Å². The number of nitro groups is 1. The normalized spacial score (nSPS) is 10.5. The third kappa shape index (κ3) is 6.08. The molecule has 1 N–H and O–H groups in total. The van der Waals surface area contributed by atoms with Crippen LogP contribution in [-0.4, -0.2) is 9.91 Å². The minimum atomic E-state index is -0.442. The number of halogens is 1. The summed E-state index contributed by atoms with van der Waals surface area (Å²) in [6, 6.07) is 27.7. The highest BCUT2D eigenvalue weighted by Gasteiger charge is 2.17. The summed E-state index contributed by atoms with van der Waals surface area (Å²) < 4.78 is 12.4. The lowest BCUT2D eigenvalue weighted by molar-refractivity contribution is -0.384. The number of pyridine rings is 1. The summed E-state index contributed by atoms with van der Waals surface area (Å²) in [5, 5.41) is 14.6. The Hall–Kier alpha value is -3.91. The van der Waals surface area contributed by atoms with Gasteiger partial charge in [-0.25, -0.2) is 0 Å². The van der Waals surface area contributed by atoms with E-state index in [0.717, 1.165) is 11.1 Å². The van der Waals surface area contributed by atoms with Crippen LogP contribution in [0.15, 0.2) is 95.5 Å². The quantitative estimate of drug-likeness (QED) is 0.202. The van der Waals surface area contributed by atoms with Crippen molar-refractivity contribution >= 4 is 33.0 Å². The first-order chi connectivity index (χ1) is 16.1. The lowest BCUT2D eigenvalue weighted by atomic mass is 10.2. The van der Waals surface area contributed by atoms with Crippen molar-refractivity contribution in [3.63, 3.8) is 0 Å². The molecule has 8 heteroatoms. The molecule has 4 aromatic rings. The van der Waals surface area contributed by atoms with E-state index in [9.17, 15) is 10.1 Å². The van der Waals surface area contributed by atoms with Gasteiger partial charge in [-0.15, -0.1) is 0 Å². The van der Waals surface area contributed by atoms with Crippen LogP contribution in [0.3, 0.4) is 0 Å². The summed E-state index contributed by atoms with van der Waals surface area (Å²) >= 11 is 3.28. The highest BCUT2D eigenvalue weighted by molar-refractivity contribution is 9.10. The first kappa shape index (κ1) is 22.3. The van der Waals surface area contributed by atoms with Crippen LogP contribution < -0.4 is 14.8 Å². The molecule has 0 saturated heterocycles. The lowest BCUT2D eigenvalue weighted by Crippen LogP contribution is -2.04. The van der Waals surface area contributed by atoms with Crippen LogP contribution in [0, 0.1) is 10.1 Å². The number of nitrogens with one attached hydrogen (secondary N) is 1. The largest absolute Gasteiger partial charge is 0.473 e. The Balaban J connectivity index is 1.60. The van der Waals surface area contributed by atoms with Crippen molar-refractivity contribution in [3.8, 4) is 11.8 Å². The molecule has 0 aliphatic heterocycles. The van der Waals surface area contributed by atoms with Gasteiger partial charge in [0.2, 0.25) is 11.8 Å². The van der Waals surface area contributed by atoms with E-state index in [4.69, 9.17) is 9.47 Å². The summed E-state index contributed by atoms with van der Waals surface area (Å²) in [5.41, 5.74) is 2.73. The van der Waals surface area contributed by atoms with E-state index in [1.165, 1.54) is 6.07 Å². The third-order valence-electron chi connectivity index (χ3n) is 4.71. The Morgan fingerprint density at radius 1 is 0.818 bits per heavy atom. The van der Waals surface area contributed by atoms with E-state index in [2.05, 4.69) is 26.2 Å². The van der Waals surface area contributed by atoms with Crippen molar-refractivity contribution in [3.05, 3.63) is 117 Å². The predicted molar refractivity (Wildman–Crippen MR) is 130 cm³/mol. The number of aromatic nitrogens is 1. The molecular formula is C25H20BrN3O4. The van der Waals surface area contributed by atoms with E-state index >= 15 is 0 Å². The SMILES string of the molecule is O=[N+]([O-])c1cc(Br)ccc1Nc1ccc(OCc2ccccc2)nc1OCc1ccccc1. The van der Waals surface area contributed by atoms with Gasteiger partial charge in [0.1, 0.15) is 24.6 Å². The Bertz CT molecular complexity index is 1240. The maximum absolute atomic E-state index is 11.5. The molecule has 7 nitrogen and oxygen atoms in total. The minimum absolute atomic E-state index is 0.0669. The molecule has 0 fully saturated rings. The average Bonchev–Trinajstić information content (AvgIpc) is 2.84.